The summed E-state index contributed by atoms with van der Waals surface area (Å²) in [6, 6.07) is 11.5. The molecule has 0 bridgehead atoms. The number of rotatable bonds is 6. The third-order valence-electron chi connectivity index (χ3n) is 7.01. The fraction of sp³-hybridized carbons (Fsp3) is 0.444. The lowest BCUT2D eigenvalue weighted by Crippen LogP contribution is -2.55. The van der Waals surface area contributed by atoms with Crippen molar-refractivity contribution in [3.05, 3.63) is 63.6 Å². The molecule has 1 saturated carbocycles. The summed E-state index contributed by atoms with van der Waals surface area (Å²) in [4.78, 5) is 40.8. The predicted octanol–water partition coefficient (Wildman–Crippen LogP) is 4.71. The maximum Gasteiger partial charge on any atom is 0.253 e. The standard InChI is InChI=1S/C27H31Cl2N3O4/c1-36-20-11-8-17(9-12-20)25(33)30-23-6-2-3-7-24(23)31-26(34)19-5-4-14-32(16-19)27(35)18-10-13-21(28)22(29)15-18/h8-13,15,19,23-24H,2-7,14,16H2,1H3,(H,30,33)(H,31,34)/t19?,23-,24?/m1/s1. The molecule has 2 aliphatic rings. The van der Waals surface area contributed by atoms with Crippen molar-refractivity contribution in [1.29, 1.82) is 0 Å². The van der Waals surface area contributed by atoms with Crippen LogP contribution in [0.15, 0.2) is 42.5 Å². The van der Waals surface area contributed by atoms with Gasteiger partial charge in [-0.1, -0.05) is 36.0 Å². The summed E-state index contributed by atoms with van der Waals surface area (Å²) in [5.74, 6) is -0.00988. The van der Waals surface area contributed by atoms with E-state index in [1.54, 1.807) is 54.5 Å². The van der Waals surface area contributed by atoms with Gasteiger partial charge in [0.2, 0.25) is 5.91 Å². The van der Waals surface area contributed by atoms with Crippen LogP contribution in [0.4, 0.5) is 0 Å². The molecule has 1 saturated heterocycles. The van der Waals surface area contributed by atoms with Crippen molar-refractivity contribution >= 4 is 40.9 Å². The van der Waals surface area contributed by atoms with Crippen molar-refractivity contribution in [1.82, 2.24) is 15.5 Å². The Balaban J connectivity index is 1.36. The fourth-order valence-corrected chi connectivity index (χ4v) is 5.26. The molecule has 0 radical (unpaired) electrons. The van der Waals surface area contributed by atoms with Crippen molar-refractivity contribution in [3.8, 4) is 5.75 Å². The molecule has 2 aromatic carbocycles. The first-order chi connectivity index (χ1) is 17.4. The van der Waals surface area contributed by atoms with Gasteiger partial charge in [-0.05, 0) is 68.1 Å². The van der Waals surface area contributed by atoms with Crippen LogP contribution in [0.25, 0.3) is 0 Å². The van der Waals surface area contributed by atoms with E-state index in [-0.39, 0.29) is 35.7 Å². The number of hydrogen-bond acceptors (Lipinski definition) is 4. The third-order valence-corrected chi connectivity index (χ3v) is 7.75. The Hall–Kier alpha value is -2.77. The summed E-state index contributed by atoms with van der Waals surface area (Å²) in [7, 11) is 1.58. The van der Waals surface area contributed by atoms with Crippen LogP contribution in [0.5, 0.6) is 5.75 Å². The Bertz CT molecular complexity index is 1110. The van der Waals surface area contributed by atoms with Gasteiger partial charge in [-0.2, -0.15) is 0 Å². The van der Waals surface area contributed by atoms with Crippen LogP contribution in [-0.4, -0.2) is 54.9 Å². The number of hydrogen-bond donors (Lipinski definition) is 2. The van der Waals surface area contributed by atoms with Crippen LogP contribution < -0.4 is 15.4 Å². The molecule has 1 heterocycles. The van der Waals surface area contributed by atoms with E-state index in [0.29, 0.717) is 46.4 Å². The van der Waals surface area contributed by atoms with Crippen LogP contribution in [0.2, 0.25) is 10.0 Å². The van der Waals surface area contributed by atoms with Gasteiger partial charge in [0.1, 0.15) is 5.75 Å². The topological polar surface area (TPSA) is 87.7 Å². The van der Waals surface area contributed by atoms with Crippen LogP contribution in [-0.2, 0) is 4.79 Å². The molecular weight excluding hydrogens is 501 g/mol. The SMILES string of the molecule is COc1ccc(C(=O)N[C@@H]2CCCCC2NC(=O)C2CCCN(C(=O)c3ccc(Cl)c(Cl)c3)C2)cc1. The van der Waals surface area contributed by atoms with E-state index in [9.17, 15) is 14.4 Å². The molecule has 36 heavy (non-hydrogen) atoms. The molecule has 192 valence electrons. The average molecular weight is 532 g/mol. The minimum Gasteiger partial charge on any atom is -0.497 e. The summed E-state index contributed by atoms with van der Waals surface area (Å²) in [5.41, 5.74) is 1.01. The number of nitrogens with zero attached hydrogens (tertiary/aromatic N) is 1. The quantitative estimate of drug-likeness (QED) is 0.564. The Morgan fingerprint density at radius 2 is 1.53 bits per heavy atom. The van der Waals surface area contributed by atoms with Gasteiger partial charge in [-0.15, -0.1) is 0 Å². The van der Waals surface area contributed by atoms with Gasteiger partial charge in [-0.3, -0.25) is 14.4 Å². The Kier molecular flexibility index (Phi) is 8.75. The number of halogens is 2. The van der Waals surface area contributed by atoms with Gasteiger partial charge in [-0.25, -0.2) is 0 Å². The number of benzene rings is 2. The minimum absolute atomic E-state index is 0.0720. The van der Waals surface area contributed by atoms with Crippen LogP contribution >= 0.6 is 23.2 Å². The summed E-state index contributed by atoms with van der Waals surface area (Å²) in [6.07, 6.45) is 5.05. The molecule has 2 N–H and O–H groups in total. The van der Waals surface area contributed by atoms with E-state index in [1.165, 1.54) is 0 Å². The van der Waals surface area contributed by atoms with E-state index in [4.69, 9.17) is 27.9 Å². The van der Waals surface area contributed by atoms with Gasteiger partial charge in [0, 0.05) is 36.3 Å². The van der Waals surface area contributed by atoms with E-state index in [0.717, 1.165) is 32.1 Å². The average Bonchev–Trinajstić information content (AvgIpc) is 2.91. The number of likely N-dealkylation sites (tertiary alicyclic amines) is 1. The molecule has 0 aromatic heterocycles. The second-order valence-electron chi connectivity index (χ2n) is 9.43. The Morgan fingerprint density at radius 3 is 2.19 bits per heavy atom. The maximum atomic E-state index is 13.2. The highest BCUT2D eigenvalue weighted by Crippen LogP contribution is 2.26. The maximum absolute atomic E-state index is 13.2. The van der Waals surface area contributed by atoms with Crippen molar-refractivity contribution < 1.29 is 19.1 Å². The van der Waals surface area contributed by atoms with Gasteiger partial charge >= 0.3 is 0 Å². The van der Waals surface area contributed by atoms with Crippen LogP contribution in [0.3, 0.4) is 0 Å². The van der Waals surface area contributed by atoms with E-state index in [1.807, 2.05) is 0 Å². The van der Waals surface area contributed by atoms with Crippen LogP contribution in [0, 0.1) is 5.92 Å². The summed E-state index contributed by atoms with van der Waals surface area (Å²) in [5, 5.41) is 7.01. The zero-order valence-electron chi connectivity index (χ0n) is 20.3. The molecular formula is C27H31Cl2N3O4. The molecule has 9 heteroatoms. The molecule has 7 nitrogen and oxygen atoms in total. The first-order valence-corrected chi connectivity index (χ1v) is 13.1. The van der Waals surface area contributed by atoms with Gasteiger partial charge in [0.25, 0.3) is 11.8 Å². The van der Waals surface area contributed by atoms with Crippen molar-refractivity contribution in [3.63, 3.8) is 0 Å². The zero-order chi connectivity index (χ0) is 25.7. The molecule has 3 amide bonds. The zero-order valence-corrected chi connectivity index (χ0v) is 21.8. The number of carbonyl (C=O) groups is 3. The summed E-state index contributed by atoms with van der Waals surface area (Å²) in [6.45, 7) is 0.938. The number of carbonyl (C=O) groups excluding carboxylic acids is 3. The van der Waals surface area contributed by atoms with Crippen molar-refractivity contribution in [2.75, 3.05) is 20.2 Å². The number of piperidine rings is 1. The second kappa shape index (κ2) is 12.0. The first-order valence-electron chi connectivity index (χ1n) is 12.4. The van der Waals surface area contributed by atoms with E-state index >= 15 is 0 Å². The molecule has 4 rings (SSSR count). The number of methoxy groups -OCH3 is 1. The normalized spacial score (nSPS) is 22.0. The molecule has 0 spiro atoms. The molecule has 1 aliphatic carbocycles. The van der Waals surface area contributed by atoms with E-state index in [2.05, 4.69) is 10.6 Å². The number of ether oxygens (including phenoxy) is 1. The largest absolute Gasteiger partial charge is 0.497 e. The highest BCUT2D eigenvalue weighted by molar-refractivity contribution is 6.42. The first kappa shape index (κ1) is 26.3. The lowest BCUT2D eigenvalue weighted by atomic mass is 9.88. The molecule has 3 atom stereocenters. The fourth-order valence-electron chi connectivity index (χ4n) is 4.96. The molecule has 2 unspecified atom stereocenters. The van der Waals surface area contributed by atoms with Crippen molar-refractivity contribution in [2.24, 2.45) is 5.92 Å². The number of amides is 3. The molecule has 2 fully saturated rings. The van der Waals surface area contributed by atoms with Gasteiger partial charge < -0.3 is 20.3 Å². The van der Waals surface area contributed by atoms with Gasteiger partial charge in [0.15, 0.2) is 0 Å². The molecule has 1 aliphatic heterocycles. The van der Waals surface area contributed by atoms with E-state index < -0.39 is 0 Å². The highest BCUT2D eigenvalue weighted by atomic mass is 35.5. The minimum atomic E-state index is -0.301. The van der Waals surface area contributed by atoms with Crippen molar-refractivity contribution in [2.45, 2.75) is 50.6 Å². The Labute approximate surface area is 221 Å². The Morgan fingerprint density at radius 1 is 0.861 bits per heavy atom. The number of nitrogens with one attached hydrogen (secondary N) is 2. The van der Waals surface area contributed by atoms with Gasteiger partial charge in [0.05, 0.1) is 23.1 Å². The summed E-state index contributed by atoms with van der Waals surface area (Å²) >= 11 is 12.1. The lowest BCUT2D eigenvalue weighted by molar-refractivity contribution is -0.127. The highest BCUT2D eigenvalue weighted by Gasteiger charge is 2.33. The summed E-state index contributed by atoms with van der Waals surface area (Å²) < 4.78 is 5.16. The van der Waals surface area contributed by atoms with Crippen LogP contribution in [0.1, 0.15) is 59.2 Å². The smallest absolute Gasteiger partial charge is 0.253 e. The monoisotopic (exact) mass is 531 g/mol. The third kappa shape index (κ3) is 6.31. The lowest BCUT2D eigenvalue weighted by Gasteiger charge is -2.36. The second-order valence-corrected chi connectivity index (χ2v) is 10.2. The molecule has 2 aromatic rings. The predicted molar refractivity (Wildman–Crippen MR) is 140 cm³/mol.